The van der Waals surface area contributed by atoms with E-state index in [4.69, 9.17) is 4.42 Å². The van der Waals surface area contributed by atoms with Crippen LogP contribution in [0.5, 0.6) is 0 Å². The summed E-state index contributed by atoms with van der Waals surface area (Å²) in [5, 5.41) is 0.766. The number of furan rings is 1. The summed E-state index contributed by atoms with van der Waals surface area (Å²) in [6, 6.07) is 10.4. The zero-order valence-electron chi connectivity index (χ0n) is 14.0. The average molecular weight is 402 g/mol. The second-order valence-corrected chi connectivity index (χ2v) is 7.25. The van der Waals surface area contributed by atoms with Gasteiger partial charge in [-0.05, 0) is 61.4 Å². The highest BCUT2D eigenvalue weighted by molar-refractivity contribution is 9.10. The molecule has 0 aliphatic carbocycles. The molecule has 0 bridgehead atoms. The zero-order valence-corrected chi connectivity index (χ0v) is 15.6. The minimum atomic E-state index is -0.286. The molecule has 0 radical (unpaired) electrons. The maximum absolute atomic E-state index is 13.5. The van der Waals surface area contributed by atoms with Crippen LogP contribution in [0.3, 0.4) is 0 Å². The number of likely N-dealkylation sites (N-methyl/N-ethyl adjacent to an activating group) is 1. The van der Waals surface area contributed by atoms with E-state index in [9.17, 15) is 9.18 Å². The molecule has 25 heavy (non-hydrogen) atoms. The van der Waals surface area contributed by atoms with Gasteiger partial charge in [-0.1, -0.05) is 15.9 Å². The van der Waals surface area contributed by atoms with Crippen LogP contribution in [0.25, 0.3) is 11.0 Å². The van der Waals surface area contributed by atoms with Crippen LogP contribution in [0.15, 0.2) is 45.3 Å². The van der Waals surface area contributed by atoms with E-state index in [-0.39, 0.29) is 17.6 Å². The first-order valence-corrected chi connectivity index (χ1v) is 9.07. The number of amides is 1. The number of aryl methyl sites for hydroxylation is 1. The van der Waals surface area contributed by atoms with Gasteiger partial charge >= 0.3 is 0 Å². The molecule has 1 unspecified atom stereocenters. The van der Waals surface area contributed by atoms with Gasteiger partial charge in [-0.15, -0.1) is 0 Å². The first-order chi connectivity index (χ1) is 12.0. The van der Waals surface area contributed by atoms with Crippen LogP contribution in [0.4, 0.5) is 10.1 Å². The molecular weight excluding hydrogens is 385 g/mol. The van der Waals surface area contributed by atoms with Crippen molar-refractivity contribution in [1.82, 2.24) is 0 Å². The van der Waals surface area contributed by atoms with Gasteiger partial charge in [0.1, 0.15) is 17.2 Å². The SMILES string of the molecule is CCN1C(=O)C(Cc2oc3ccc(F)cc3c2C)c2cc(Br)ccc21. The van der Waals surface area contributed by atoms with Gasteiger partial charge in [0.2, 0.25) is 5.91 Å². The normalized spacial score (nSPS) is 16.7. The lowest BCUT2D eigenvalue weighted by atomic mass is 9.94. The summed E-state index contributed by atoms with van der Waals surface area (Å²) in [5.74, 6) is 0.257. The Balaban J connectivity index is 1.77. The minimum absolute atomic E-state index is 0.0848. The van der Waals surface area contributed by atoms with Crippen molar-refractivity contribution in [2.45, 2.75) is 26.2 Å². The van der Waals surface area contributed by atoms with E-state index in [2.05, 4.69) is 15.9 Å². The average Bonchev–Trinajstić information content (AvgIpc) is 3.03. The summed E-state index contributed by atoms with van der Waals surface area (Å²) < 4.78 is 20.4. The molecule has 0 spiro atoms. The minimum Gasteiger partial charge on any atom is -0.461 e. The molecule has 2 heterocycles. The molecule has 2 aromatic carbocycles. The molecule has 0 N–H and O–H groups in total. The number of halogens is 2. The summed E-state index contributed by atoms with van der Waals surface area (Å²) in [7, 11) is 0. The van der Waals surface area contributed by atoms with Crippen LogP contribution in [-0.2, 0) is 11.2 Å². The Morgan fingerprint density at radius 3 is 2.80 bits per heavy atom. The predicted octanol–water partition coefficient (Wildman–Crippen LogP) is 5.34. The summed E-state index contributed by atoms with van der Waals surface area (Å²) in [4.78, 5) is 14.7. The zero-order chi connectivity index (χ0) is 17.7. The maximum Gasteiger partial charge on any atom is 0.235 e. The van der Waals surface area contributed by atoms with Crippen molar-refractivity contribution in [2.75, 3.05) is 11.4 Å². The highest BCUT2D eigenvalue weighted by atomic mass is 79.9. The van der Waals surface area contributed by atoms with Crippen LogP contribution >= 0.6 is 15.9 Å². The number of carbonyl (C=O) groups is 1. The number of hydrogen-bond acceptors (Lipinski definition) is 2. The fraction of sp³-hybridized carbons (Fsp3) is 0.250. The number of rotatable bonds is 3. The van der Waals surface area contributed by atoms with Gasteiger partial charge in [-0.2, -0.15) is 0 Å². The van der Waals surface area contributed by atoms with E-state index >= 15 is 0 Å². The molecule has 4 rings (SSSR count). The molecule has 3 aromatic rings. The van der Waals surface area contributed by atoms with Crippen molar-refractivity contribution in [3.8, 4) is 0 Å². The van der Waals surface area contributed by atoms with Crippen LogP contribution in [-0.4, -0.2) is 12.5 Å². The van der Waals surface area contributed by atoms with Crippen molar-refractivity contribution >= 4 is 38.5 Å². The Labute approximate surface area is 153 Å². The van der Waals surface area contributed by atoms with E-state index in [1.165, 1.54) is 12.1 Å². The lowest BCUT2D eigenvalue weighted by Crippen LogP contribution is -2.29. The fourth-order valence-corrected chi connectivity index (χ4v) is 4.02. The van der Waals surface area contributed by atoms with Crippen LogP contribution in [0.1, 0.15) is 29.7 Å². The summed E-state index contributed by atoms with van der Waals surface area (Å²) in [6.07, 6.45) is 0.473. The topological polar surface area (TPSA) is 33.5 Å². The van der Waals surface area contributed by atoms with Gasteiger partial charge in [0, 0.05) is 28.5 Å². The molecule has 0 saturated heterocycles. The quantitative estimate of drug-likeness (QED) is 0.593. The monoisotopic (exact) mass is 401 g/mol. The Hall–Kier alpha value is -2.14. The Morgan fingerprint density at radius 2 is 2.04 bits per heavy atom. The number of hydrogen-bond donors (Lipinski definition) is 0. The van der Waals surface area contributed by atoms with E-state index < -0.39 is 0 Å². The van der Waals surface area contributed by atoms with E-state index in [0.29, 0.717) is 18.5 Å². The van der Waals surface area contributed by atoms with Gasteiger partial charge in [0.05, 0.1) is 5.92 Å². The first kappa shape index (κ1) is 16.3. The number of nitrogens with zero attached hydrogens (tertiary/aromatic N) is 1. The van der Waals surface area contributed by atoms with Crippen molar-refractivity contribution in [3.63, 3.8) is 0 Å². The standard InChI is InChI=1S/C20H17BrFNO2/c1-3-23-17-6-4-12(21)8-15(17)16(20(23)24)10-19-11(2)14-9-13(22)5-7-18(14)25-19/h4-9,16H,3,10H2,1-2H3. The third-order valence-corrected chi connectivity index (χ3v) is 5.42. The smallest absolute Gasteiger partial charge is 0.235 e. The third-order valence-electron chi connectivity index (χ3n) is 4.92. The molecule has 1 amide bonds. The van der Waals surface area contributed by atoms with Gasteiger partial charge in [0.15, 0.2) is 0 Å². The molecule has 1 aliphatic rings. The van der Waals surface area contributed by atoms with Crippen molar-refractivity contribution in [2.24, 2.45) is 0 Å². The molecule has 3 nitrogen and oxygen atoms in total. The highest BCUT2D eigenvalue weighted by Gasteiger charge is 2.37. The largest absolute Gasteiger partial charge is 0.461 e. The van der Waals surface area contributed by atoms with Gasteiger partial charge < -0.3 is 9.32 Å². The molecule has 128 valence electrons. The molecule has 0 saturated carbocycles. The number of anilines is 1. The van der Waals surface area contributed by atoms with Crippen molar-refractivity contribution < 1.29 is 13.6 Å². The Bertz CT molecular complexity index is 995. The van der Waals surface area contributed by atoms with Gasteiger partial charge in [-0.3, -0.25) is 4.79 Å². The maximum atomic E-state index is 13.5. The lowest BCUT2D eigenvalue weighted by molar-refractivity contribution is -0.119. The second kappa shape index (κ2) is 5.99. The summed E-state index contributed by atoms with van der Waals surface area (Å²) in [5.41, 5.74) is 3.52. The van der Waals surface area contributed by atoms with Crippen molar-refractivity contribution in [1.29, 1.82) is 0 Å². The first-order valence-electron chi connectivity index (χ1n) is 8.28. The van der Waals surface area contributed by atoms with E-state index in [0.717, 1.165) is 32.4 Å². The molecule has 1 atom stereocenters. The summed E-state index contributed by atoms with van der Waals surface area (Å²) >= 11 is 3.50. The van der Waals surface area contributed by atoms with Crippen molar-refractivity contribution in [3.05, 3.63) is 63.6 Å². The molecule has 0 fully saturated rings. The third kappa shape index (κ3) is 2.58. The van der Waals surface area contributed by atoms with E-state index in [1.54, 1.807) is 6.07 Å². The molecule has 5 heteroatoms. The second-order valence-electron chi connectivity index (χ2n) is 6.33. The van der Waals surface area contributed by atoms with Crippen LogP contribution in [0, 0.1) is 12.7 Å². The lowest BCUT2D eigenvalue weighted by Gasteiger charge is -2.15. The fourth-order valence-electron chi connectivity index (χ4n) is 3.64. The van der Waals surface area contributed by atoms with Crippen LogP contribution in [0.2, 0.25) is 0 Å². The molecule has 1 aromatic heterocycles. The molecular formula is C20H17BrFNO2. The number of benzene rings is 2. The summed E-state index contributed by atoms with van der Waals surface area (Å²) in [6.45, 7) is 4.52. The van der Waals surface area contributed by atoms with E-state index in [1.807, 2.05) is 36.9 Å². The van der Waals surface area contributed by atoms with Crippen LogP contribution < -0.4 is 4.90 Å². The number of fused-ring (bicyclic) bond motifs is 2. The van der Waals surface area contributed by atoms with Gasteiger partial charge in [0.25, 0.3) is 0 Å². The highest BCUT2D eigenvalue weighted by Crippen LogP contribution is 2.41. The number of carbonyl (C=O) groups excluding carboxylic acids is 1. The Kier molecular flexibility index (Phi) is 3.91. The van der Waals surface area contributed by atoms with Gasteiger partial charge in [-0.25, -0.2) is 4.39 Å². The Morgan fingerprint density at radius 1 is 1.24 bits per heavy atom. The molecule has 1 aliphatic heterocycles. The predicted molar refractivity (Wildman–Crippen MR) is 99.5 cm³/mol.